The lowest BCUT2D eigenvalue weighted by atomic mass is 9.99. The van der Waals surface area contributed by atoms with Crippen LogP contribution < -0.4 is 0 Å². The molecule has 0 aromatic carbocycles. The third kappa shape index (κ3) is 2.54. The van der Waals surface area contributed by atoms with E-state index in [0.717, 1.165) is 19.6 Å². The Morgan fingerprint density at radius 2 is 2.06 bits per heavy atom. The maximum absolute atomic E-state index is 4.65. The molecule has 1 unspecified atom stereocenters. The standard InChI is InChI=1S/C14H25N3/c1-5-6-12(4)14-13-9-16(11(2)3)7-8-17(13)10-15-14/h10-12H,5-9H2,1-4H3. The van der Waals surface area contributed by atoms with Crippen LogP contribution in [0, 0.1) is 0 Å². The largest absolute Gasteiger partial charge is 0.332 e. The maximum Gasteiger partial charge on any atom is 0.0952 e. The smallest absolute Gasteiger partial charge is 0.0952 e. The Balaban J connectivity index is 2.19. The van der Waals surface area contributed by atoms with E-state index in [2.05, 4.69) is 42.1 Å². The second-order valence-corrected chi connectivity index (χ2v) is 5.52. The van der Waals surface area contributed by atoms with Gasteiger partial charge in [-0.1, -0.05) is 20.3 Å². The molecule has 0 saturated carbocycles. The number of aromatic nitrogens is 2. The van der Waals surface area contributed by atoms with Gasteiger partial charge in [-0.15, -0.1) is 0 Å². The molecule has 0 fully saturated rings. The summed E-state index contributed by atoms with van der Waals surface area (Å²) in [5.74, 6) is 0.600. The van der Waals surface area contributed by atoms with Gasteiger partial charge in [0.05, 0.1) is 17.7 Å². The molecule has 0 aliphatic carbocycles. The van der Waals surface area contributed by atoms with E-state index in [9.17, 15) is 0 Å². The van der Waals surface area contributed by atoms with Gasteiger partial charge in [0.15, 0.2) is 0 Å². The van der Waals surface area contributed by atoms with E-state index in [1.165, 1.54) is 24.2 Å². The normalized spacial score (nSPS) is 18.4. The van der Waals surface area contributed by atoms with E-state index < -0.39 is 0 Å². The van der Waals surface area contributed by atoms with Crippen molar-refractivity contribution in [1.29, 1.82) is 0 Å². The molecule has 1 aromatic rings. The van der Waals surface area contributed by atoms with Crippen LogP contribution in [0.15, 0.2) is 6.33 Å². The first kappa shape index (κ1) is 12.6. The lowest BCUT2D eigenvalue weighted by molar-refractivity contribution is 0.176. The summed E-state index contributed by atoms with van der Waals surface area (Å²) in [6.45, 7) is 12.4. The van der Waals surface area contributed by atoms with Gasteiger partial charge in [0.25, 0.3) is 0 Å². The Bertz CT molecular complexity index is 368. The van der Waals surface area contributed by atoms with Gasteiger partial charge in [0.1, 0.15) is 0 Å². The van der Waals surface area contributed by atoms with Crippen molar-refractivity contribution < 1.29 is 0 Å². The van der Waals surface area contributed by atoms with Gasteiger partial charge in [-0.3, -0.25) is 4.90 Å². The second-order valence-electron chi connectivity index (χ2n) is 5.52. The third-order valence-electron chi connectivity index (χ3n) is 3.88. The van der Waals surface area contributed by atoms with Crippen molar-refractivity contribution in [2.75, 3.05) is 6.54 Å². The molecule has 0 saturated heterocycles. The summed E-state index contributed by atoms with van der Waals surface area (Å²) in [5, 5.41) is 0. The topological polar surface area (TPSA) is 21.1 Å². The summed E-state index contributed by atoms with van der Waals surface area (Å²) in [6, 6.07) is 0.632. The van der Waals surface area contributed by atoms with Crippen LogP contribution in [0.5, 0.6) is 0 Å². The van der Waals surface area contributed by atoms with Crippen LogP contribution in [0.4, 0.5) is 0 Å². The predicted octanol–water partition coefficient (Wildman–Crippen LogP) is 3.01. The first-order valence-corrected chi connectivity index (χ1v) is 6.91. The van der Waals surface area contributed by atoms with E-state index >= 15 is 0 Å². The molecule has 0 amide bonds. The molecule has 0 bridgehead atoms. The van der Waals surface area contributed by atoms with Crippen molar-refractivity contribution in [2.45, 2.75) is 65.6 Å². The highest BCUT2D eigenvalue weighted by atomic mass is 15.2. The molecule has 2 heterocycles. The molecule has 1 aliphatic heterocycles. The van der Waals surface area contributed by atoms with E-state index in [4.69, 9.17) is 0 Å². The first-order valence-electron chi connectivity index (χ1n) is 6.91. The van der Waals surface area contributed by atoms with E-state index in [0.29, 0.717) is 12.0 Å². The fourth-order valence-corrected chi connectivity index (χ4v) is 2.72. The molecule has 1 aromatic heterocycles. The van der Waals surface area contributed by atoms with Gasteiger partial charge < -0.3 is 4.57 Å². The van der Waals surface area contributed by atoms with Crippen LogP contribution >= 0.6 is 0 Å². The molecule has 0 spiro atoms. The van der Waals surface area contributed by atoms with Crippen LogP contribution in [0.1, 0.15) is 57.8 Å². The highest BCUT2D eigenvalue weighted by molar-refractivity contribution is 5.19. The monoisotopic (exact) mass is 235 g/mol. The zero-order chi connectivity index (χ0) is 12.4. The summed E-state index contributed by atoms with van der Waals surface area (Å²) in [6.07, 6.45) is 4.52. The molecule has 0 radical (unpaired) electrons. The average Bonchev–Trinajstić information content (AvgIpc) is 2.71. The summed E-state index contributed by atoms with van der Waals surface area (Å²) >= 11 is 0. The molecule has 2 rings (SSSR count). The van der Waals surface area contributed by atoms with Crippen molar-refractivity contribution in [1.82, 2.24) is 14.5 Å². The minimum atomic E-state index is 0.600. The number of nitrogens with zero attached hydrogens (tertiary/aromatic N) is 3. The van der Waals surface area contributed by atoms with Crippen LogP contribution in [0.25, 0.3) is 0 Å². The summed E-state index contributed by atoms with van der Waals surface area (Å²) in [5.41, 5.74) is 2.78. The Labute approximate surface area is 105 Å². The minimum Gasteiger partial charge on any atom is -0.332 e. The van der Waals surface area contributed by atoms with Crippen molar-refractivity contribution >= 4 is 0 Å². The Kier molecular flexibility index (Phi) is 3.87. The fraction of sp³-hybridized carbons (Fsp3) is 0.786. The quantitative estimate of drug-likeness (QED) is 0.800. The minimum absolute atomic E-state index is 0.600. The molecule has 1 aliphatic rings. The highest BCUT2D eigenvalue weighted by Crippen LogP contribution is 2.26. The number of imidazole rings is 1. The van der Waals surface area contributed by atoms with E-state index in [1.807, 2.05) is 6.33 Å². The molecule has 96 valence electrons. The molecule has 1 atom stereocenters. The Morgan fingerprint density at radius 1 is 1.29 bits per heavy atom. The summed E-state index contributed by atoms with van der Waals surface area (Å²) in [7, 11) is 0. The predicted molar refractivity (Wildman–Crippen MR) is 71.1 cm³/mol. The van der Waals surface area contributed by atoms with Gasteiger partial charge >= 0.3 is 0 Å². The van der Waals surface area contributed by atoms with Crippen molar-refractivity contribution in [3.8, 4) is 0 Å². The SMILES string of the molecule is CCCC(C)c1ncn2c1CN(C(C)C)CC2. The van der Waals surface area contributed by atoms with Crippen molar-refractivity contribution in [3.05, 3.63) is 17.7 Å². The zero-order valence-corrected chi connectivity index (χ0v) is 11.6. The maximum atomic E-state index is 4.65. The first-order chi connectivity index (χ1) is 8.13. The van der Waals surface area contributed by atoms with Crippen molar-refractivity contribution in [3.63, 3.8) is 0 Å². The lowest BCUT2D eigenvalue weighted by Gasteiger charge is -2.32. The van der Waals surface area contributed by atoms with Gasteiger partial charge in [-0.25, -0.2) is 4.98 Å². The van der Waals surface area contributed by atoms with E-state index in [-0.39, 0.29) is 0 Å². The van der Waals surface area contributed by atoms with Crippen LogP contribution in [0.3, 0.4) is 0 Å². The third-order valence-corrected chi connectivity index (χ3v) is 3.88. The molecular weight excluding hydrogens is 210 g/mol. The summed E-state index contributed by atoms with van der Waals surface area (Å²) in [4.78, 5) is 7.19. The van der Waals surface area contributed by atoms with E-state index in [1.54, 1.807) is 0 Å². The Hall–Kier alpha value is -0.830. The van der Waals surface area contributed by atoms with Crippen LogP contribution in [-0.4, -0.2) is 27.0 Å². The Morgan fingerprint density at radius 3 is 2.71 bits per heavy atom. The fourth-order valence-electron chi connectivity index (χ4n) is 2.72. The highest BCUT2D eigenvalue weighted by Gasteiger charge is 2.23. The molecule has 17 heavy (non-hydrogen) atoms. The number of rotatable bonds is 4. The molecule has 0 N–H and O–H groups in total. The van der Waals surface area contributed by atoms with Gasteiger partial charge in [0.2, 0.25) is 0 Å². The van der Waals surface area contributed by atoms with Crippen LogP contribution in [0.2, 0.25) is 0 Å². The molecule has 3 nitrogen and oxygen atoms in total. The number of hydrogen-bond donors (Lipinski definition) is 0. The average molecular weight is 235 g/mol. The van der Waals surface area contributed by atoms with Crippen LogP contribution in [-0.2, 0) is 13.1 Å². The molecular formula is C14H25N3. The second kappa shape index (κ2) is 5.21. The van der Waals surface area contributed by atoms with Crippen molar-refractivity contribution in [2.24, 2.45) is 0 Å². The van der Waals surface area contributed by atoms with Gasteiger partial charge in [-0.05, 0) is 20.3 Å². The number of hydrogen-bond acceptors (Lipinski definition) is 2. The molecule has 3 heteroatoms. The lowest BCUT2D eigenvalue weighted by Crippen LogP contribution is -2.38. The number of fused-ring (bicyclic) bond motifs is 1. The summed E-state index contributed by atoms with van der Waals surface area (Å²) < 4.78 is 2.35. The van der Waals surface area contributed by atoms with Gasteiger partial charge in [-0.2, -0.15) is 0 Å². The van der Waals surface area contributed by atoms with Gasteiger partial charge in [0, 0.05) is 31.6 Å². The zero-order valence-electron chi connectivity index (χ0n) is 11.6.